The van der Waals surface area contributed by atoms with Crippen molar-refractivity contribution >= 4 is 22.3 Å². The van der Waals surface area contributed by atoms with E-state index in [-0.39, 0.29) is 18.7 Å². The molecule has 0 saturated carbocycles. The van der Waals surface area contributed by atoms with E-state index in [0.717, 1.165) is 39.1 Å². The molecule has 1 saturated heterocycles. The summed E-state index contributed by atoms with van der Waals surface area (Å²) in [5, 5.41) is 5.30. The van der Waals surface area contributed by atoms with E-state index in [2.05, 4.69) is 19.7 Å². The molecule has 0 unspecified atom stereocenters. The van der Waals surface area contributed by atoms with Crippen molar-refractivity contribution in [3.8, 4) is 0 Å². The molecule has 1 heterocycles. The maximum absolute atomic E-state index is 11.5. The summed E-state index contributed by atoms with van der Waals surface area (Å²) in [4.78, 5) is 25.1. The minimum absolute atomic E-state index is 0.0861. The van der Waals surface area contributed by atoms with Crippen molar-refractivity contribution in [2.24, 2.45) is 0 Å². The van der Waals surface area contributed by atoms with Crippen molar-refractivity contribution in [2.45, 2.75) is 78.7 Å². The summed E-state index contributed by atoms with van der Waals surface area (Å²) in [6, 6.07) is -0.354. The standard InChI is InChI=1S/C12H24N2O3.C9H19NO5S/c1-10(9-14-5-7-16-8-6-14)13-11(15)17-12(2,3)4;1-7(6-14-16(5,12)13)10-8(11)15-9(2,3)4/h10H,5-9H2,1-4H3,(H,13,15);7H,6H2,1-5H3,(H,10,11)/t10-;7-/m11/s1. The molecule has 1 aliphatic heterocycles. The van der Waals surface area contributed by atoms with Gasteiger partial charge in [-0.3, -0.25) is 9.08 Å². The molecule has 0 aromatic heterocycles. The van der Waals surface area contributed by atoms with Crippen LogP contribution in [0.1, 0.15) is 55.4 Å². The lowest BCUT2D eigenvalue weighted by molar-refractivity contribution is 0.0301. The molecule has 0 radical (unpaired) electrons. The number of morpholine rings is 1. The van der Waals surface area contributed by atoms with Crippen LogP contribution in [-0.2, 0) is 28.5 Å². The third kappa shape index (κ3) is 20.7. The normalized spacial score (nSPS) is 17.1. The van der Waals surface area contributed by atoms with Gasteiger partial charge in [0.05, 0.1) is 32.1 Å². The molecule has 33 heavy (non-hydrogen) atoms. The van der Waals surface area contributed by atoms with Gasteiger partial charge in [-0.1, -0.05) is 0 Å². The van der Waals surface area contributed by atoms with Gasteiger partial charge < -0.3 is 24.8 Å². The Bertz CT molecular complexity index is 695. The highest BCUT2D eigenvalue weighted by molar-refractivity contribution is 7.85. The summed E-state index contributed by atoms with van der Waals surface area (Å²) < 4.78 is 41.4. The van der Waals surface area contributed by atoms with E-state index in [4.69, 9.17) is 14.2 Å². The van der Waals surface area contributed by atoms with Crippen LogP contribution >= 0.6 is 0 Å². The molecule has 2 amide bonds. The van der Waals surface area contributed by atoms with Crippen LogP contribution in [0.3, 0.4) is 0 Å². The maximum Gasteiger partial charge on any atom is 0.407 e. The first-order chi connectivity index (χ1) is 14.9. The van der Waals surface area contributed by atoms with Gasteiger partial charge in [0.1, 0.15) is 11.2 Å². The minimum Gasteiger partial charge on any atom is -0.444 e. The van der Waals surface area contributed by atoms with Crippen LogP contribution in [0.4, 0.5) is 9.59 Å². The zero-order valence-electron chi connectivity index (χ0n) is 21.5. The number of alkyl carbamates (subject to hydrolysis) is 2. The van der Waals surface area contributed by atoms with Crippen molar-refractivity contribution in [3.63, 3.8) is 0 Å². The summed E-state index contributed by atoms with van der Waals surface area (Å²) >= 11 is 0. The largest absolute Gasteiger partial charge is 0.444 e. The van der Waals surface area contributed by atoms with Gasteiger partial charge in [0, 0.05) is 25.7 Å². The van der Waals surface area contributed by atoms with E-state index in [1.54, 1.807) is 27.7 Å². The highest BCUT2D eigenvalue weighted by Crippen LogP contribution is 2.08. The Balaban J connectivity index is 0.000000622. The van der Waals surface area contributed by atoms with E-state index in [0.29, 0.717) is 0 Å². The molecule has 1 aliphatic rings. The number of ether oxygens (including phenoxy) is 3. The second-order valence-electron chi connectivity index (χ2n) is 10.00. The predicted molar refractivity (Wildman–Crippen MR) is 126 cm³/mol. The molecule has 2 atom stereocenters. The van der Waals surface area contributed by atoms with Gasteiger partial charge in [-0.2, -0.15) is 8.42 Å². The number of rotatable bonds is 7. The van der Waals surface area contributed by atoms with Gasteiger partial charge in [0.15, 0.2) is 0 Å². The van der Waals surface area contributed by atoms with Crippen LogP contribution in [0.25, 0.3) is 0 Å². The first-order valence-electron chi connectivity index (χ1n) is 11.0. The second-order valence-corrected chi connectivity index (χ2v) is 11.6. The first kappa shape index (κ1) is 31.4. The third-order valence-corrected chi connectivity index (χ3v) is 4.26. The average Bonchev–Trinajstić information content (AvgIpc) is 2.57. The summed E-state index contributed by atoms with van der Waals surface area (Å²) in [5.74, 6) is 0. The molecular formula is C21H43N3O8S. The zero-order valence-corrected chi connectivity index (χ0v) is 22.3. The van der Waals surface area contributed by atoms with Gasteiger partial charge in [-0.25, -0.2) is 9.59 Å². The van der Waals surface area contributed by atoms with E-state index in [9.17, 15) is 18.0 Å². The van der Waals surface area contributed by atoms with Crippen LogP contribution in [0, 0.1) is 0 Å². The van der Waals surface area contributed by atoms with Crippen LogP contribution in [0.5, 0.6) is 0 Å². The Morgan fingerprint density at radius 2 is 1.33 bits per heavy atom. The lowest BCUT2D eigenvalue weighted by atomic mass is 10.2. The molecule has 0 aromatic carbocycles. The fourth-order valence-corrected chi connectivity index (χ4v) is 2.95. The van der Waals surface area contributed by atoms with Crippen molar-refractivity contribution in [2.75, 3.05) is 45.7 Å². The summed E-state index contributed by atoms with van der Waals surface area (Å²) in [6.45, 7) is 18.5. The molecule has 1 rings (SSSR count). The molecule has 12 heteroatoms. The van der Waals surface area contributed by atoms with E-state index in [1.165, 1.54) is 0 Å². The Morgan fingerprint density at radius 1 is 0.909 bits per heavy atom. The predicted octanol–water partition coefficient (Wildman–Crippen LogP) is 2.11. The second kappa shape index (κ2) is 13.9. The van der Waals surface area contributed by atoms with Gasteiger partial charge >= 0.3 is 12.2 Å². The Labute approximate surface area is 199 Å². The van der Waals surface area contributed by atoms with Crippen LogP contribution < -0.4 is 10.6 Å². The lowest BCUT2D eigenvalue weighted by Gasteiger charge is -2.29. The number of carbonyl (C=O) groups excluding carboxylic acids is 2. The highest BCUT2D eigenvalue weighted by atomic mass is 32.2. The number of nitrogens with one attached hydrogen (secondary N) is 2. The molecule has 2 N–H and O–H groups in total. The molecule has 196 valence electrons. The Kier molecular flexibility index (Phi) is 13.2. The Morgan fingerprint density at radius 3 is 1.73 bits per heavy atom. The third-order valence-electron chi connectivity index (χ3n) is 3.69. The van der Waals surface area contributed by atoms with Crippen molar-refractivity contribution in [1.82, 2.24) is 15.5 Å². The van der Waals surface area contributed by atoms with Crippen molar-refractivity contribution in [3.05, 3.63) is 0 Å². The van der Waals surface area contributed by atoms with Gasteiger partial charge in [-0.15, -0.1) is 0 Å². The molecule has 11 nitrogen and oxygen atoms in total. The van der Waals surface area contributed by atoms with E-state index in [1.807, 2.05) is 27.7 Å². The van der Waals surface area contributed by atoms with Crippen LogP contribution in [0.2, 0.25) is 0 Å². The molecule has 0 bridgehead atoms. The number of nitrogens with zero attached hydrogens (tertiary/aromatic N) is 1. The van der Waals surface area contributed by atoms with Crippen LogP contribution in [0.15, 0.2) is 0 Å². The lowest BCUT2D eigenvalue weighted by Crippen LogP contribution is -2.47. The van der Waals surface area contributed by atoms with E-state index >= 15 is 0 Å². The van der Waals surface area contributed by atoms with Gasteiger partial charge in [0.2, 0.25) is 0 Å². The van der Waals surface area contributed by atoms with Crippen molar-refractivity contribution < 1.29 is 36.4 Å². The maximum atomic E-state index is 11.5. The molecule has 0 aliphatic carbocycles. The number of carbonyl (C=O) groups is 2. The molecule has 0 spiro atoms. The average molecular weight is 498 g/mol. The fourth-order valence-electron chi connectivity index (χ4n) is 2.50. The Hall–Kier alpha value is -1.63. The topological polar surface area (TPSA) is 132 Å². The minimum atomic E-state index is -3.48. The van der Waals surface area contributed by atoms with Crippen molar-refractivity contribution in [1.29, 1.82) is 0 Å². The van der Waals surface area contributed by atoms with E-state index < -0.39 is 33.5 Å². The van der Waals surface area contributed by atoms with Crippen LogP contribution in [-0.4, -0.2) is 94.5 Å². The molecule has 0 aromatic rings. The summed E-state index contributed by atoms with van der Waals surface area (Å²) in [5.41, 5.74) is -1.02. The number of hydrogen-bond acceptors (Lipinski definition) is 9. The van der Waals surface area contributed by atoms with Gasteiger partial charge in [0.25, 0.3) is 10.1 Å². The fraction of sp³-hybridized carbons (Fsp3) is 0.905. The molecule has 1 fully saturated rings. The summed E-state index contributed by atoms with van der Waals surface area (Å²) in [7, 11) is -3.48. The molecular weight excluding hydrogens is 454 g/mol. The first-order valence-corrected chi connectivity index (χ1v) is 12.8. The SMILES string of the molecule is C[C@H](CN1CCOCC1)NC(=O)OC(C)(C)C.C[C@H](COS(C)(=O)=O)NC(=O)OC(C)(C)C. The number of amides is 2. The quantitative estimate of drug-likeness (QED) is 0.507. The monoisotopic (exact) mass is 497 g/mol. The zero-order chi connectivity index (χ0) is 25.9. The summed E-state index contributed by atoms with van der Waals surface area (Å²) in [6.07, 6.45) is 0.00284. The van der Waals surface area contributed by atoms with Gasteiger partial charge in [-0.05, 0) is 55.4 Å². The smallest absolute Gasteiger partial charge is 0.407 e. The highest BCUT2D eigenvalue weighted by Gasteiger charge is 2.20. The number of hydrogen-bond donors (Lipinski definition) is 2.